The molecular formula is C24H25N5O. The molecule has 6 nitrogen and oxygen atoms in total. The highest BCUT2D eigenvalue weighted by atomic mass is 16.2. The number of benzene rings is 1. The van der Waals surface area contributed by atoms with E-state index in [4.69, 9.17) is 0 Å². The first-order chi connectivity index (χ1) is 14.5. The molecule has 0 bridgehead atoms. The van der Waals surface area contributed by atoms with E-state index in [1.807, 2.05) is 36.8 Å². The van der Waals surface area contributed by atoms with Gasteiger partial charge in [0.25, 0.3) is 5.91 Å². The number of pyridine rings is 1. The molecule has 0 saturated heterocycles. The SMILES string of the molecule is CCc1ccnc(-c2cnc(N3CC4(CC4)c4ccc(C(=O)N(C)C)cc43)nc2)c1. The summed E-state index contributed by atoms with van der Waals surface area (Å²) in [6.07, 6.45) is 8.83. The molecular weight excluding hydrogens is 374 g/mol. The average Bonchev–Trinajstić information content (AvgIpc) is 3.49. The van der Waals surface area contributed by atoms with Crippen molar-refractivity contribution in [2.45, 2.75) is 31.6 Å². The van der Waals surface area contributed by atoms with Crippen LogP contribution in [-0.4, -0.2) is 46.4 Å². The first-order valence-electron chi connectivity index (χ1n) is 10.4. The van der Waals surface area contributed by atoms with E-state index in [1.165, 1.54) is 24.0 Å². The van der Waals surface area contributed by atoms with E-state index in [-0.39, 0.29) is 11.3 Å². The number of fused-ring (bicyclic) bond motifs is 2. The zero-order valence-electron chi connectivity index (χ0n) is 17.6. The summed E-state index contributed by atoms with van der Waals surface area (Å²) in [4.78, 5) is 30.1. The van der Waals surface area contributed by atoms with Crippen LogP contribution in [0.25, 0.3) is 11.3 Å². The molecule has 30 heavy (non-hydrogen) atoms. The average molecular weight is 399 g/mol. The normalized spacial score (nSPS) is 15.9. The fraction of sp³-hybridized carbons (Fsp3) is 0.333. The van der Waals surface area contributed by atoms with Crippen LogP contribution < -0.4 is 4.90 Å². The summed E-state index contributed by atoms with van der Waals surface area (Å²) in [5.41, 5.74) is 6.28. The maximum absolute atomic E-state index is 12.5. The molecule has 1 aliphatic heterocycles. The predicted octanol–water partition coefficient (Wildman–Crippen LogP) is 3.99. The second-order valence-corrected chi connectivity index (χ2v) is 8.47. The van der Waals surface area contributed by atoms with Gasteiger partial charge in [-0.25, -0.2) is 9.97 Å². The van der Waals surface area contributed by atoms with Crippen LogP contribution in [0.15, 0.2) is 48.9 Å². The van der Waals surface area contributed by atoms with Crippen LogP contribution in [0, 0.1) is 0 Å². The Balaban J connectivity index is 1.50. The van der Waals surface area contributed by atoms with E-state index < -0.39 is 0 Å². The third-order valence-electron chi connectivity index (χ3n) is 6.24. The van der Waals surface area contributed by atoms with E-state index in [1.54, 1.807) is 19.0 Å². The number of hydrogen-bond acceptors (Lipinski definition) is 5. The molecule has 1 saturated carbocycles. The van der Waals surface area contributed by atoms with E-state index in [0.717, 1.165) is 29.9 Å². The van der Waals surface area contributed by atoms with E-state index in [0.29, 0.717) is 11.5 Å². The Kier molecular flexibility index (Phi) is 4.31. The summed E-state index contributed by atoms with van der Waals surface area (Å²) in [6, 6.07) is 10.2. The Hall–Kier alpha value is -3.28. The van der Waals surface area contributed by atoms with Gasteiger partial charge in [-0.2, -0.15) is 0 Å². The third kappa shape index (κ3) is 3.03. The maximum atomic E-state index is 12.5. The Labute approximate surface area is 176 Å². The lowest BCUT2D eigenvalue weighted by molar-refractivity contribution is 0.0827. The fourth-order valence-electron chi connectivity index (χ4n) is 4.27. The van der Waals surface area contributed by atoms with Crippen LogP contribution >= 0.6 is 0 Å². The van der Waals surface area contributed by atoms with Gasteiger partial charge >= 0.3 is 0 Å². The van der Waals surface area contributed by atoms with Crippen molar-refractivity contribution < 1.29 is 4.79 Å². The lowest BCUT2D eigenvalue weighted by Crippen LogP contribution is -2.22. The Bertz CT molecular complexity index is 1120. The van der Waals surface area contributed by atoms with Crippen molar-refractivity contribution >= 4 is 17.5 Å². The number of rotatable bonds is 4. The van der Waals surface area contributed by atoms with Crippen molar-refractivity contribution in [2.75, 3.05) is 25.5 Å². The molecule has 2 aromatic heterocycles. The number of aromatic nitrogens is 3. The summed E-state index contributed by atoms with van der Waals surface area (Å²) in [7, 11) is 3.55. The molecule has 3 aromatic rings. The molecule has 2 aliphatic rings. The lowest BCUT2D eigenvalue weighted by atomic mass is 9.97. The van der Waals surface area contributed by atoms with Crippen molar-refractivity contribution in [3.8, 4) is 11.3 Å². The standard InChI is InChI=1S/C24H25N5O/c1-4-16-7-10-25-20(11-16)18-13-26-23(27-14-18)29-15-24(8-9-24)19-6-5-17(12-21(19)29)22(30)28(2)3/h5-7,10-14H,4,8-9,15H2,1-3H3. The number of nitrogens with zero attached hydrogens (tertiary/aromatic N) is 5. The van der Waals surface area contributed by atoms with Gasteiger partial charge < -0.3 is 9.80 Å². The summed E-state index contributed by atoms with van der Waals surface area (Å²) >= 11 is 0. The Morgan fingerprint density at radius 3 is 2.53 bits per heavy atom. The van der Waals surface area contributed by atoms with Gasteiger partial charge in [0.1, 0.15) is 0 Å². The van der Waals surface area contributed by atoms with Gasteiger partial charge in [0, 0.05) is 61.5 Å². The van der Waals surface area contributed by atoms with Crippen molar-refractivity contribution in [1.82, 2.24) is 19.9 Å². The molecule has 152 valence electrons. The fourth-order valence-corrected chi connectivity index (χ4v) is 4.27. The van der Waals surface area contributed by atoms with Gasteiger partial charge in [-0.05, 0) is 54.7 Å². The van der Waals surface area contributed by atoms with E-state index in [2.05, 4.69) is 38.9 Å². The summed E-state index contributed by atoms with van der Waals surface area (Å²) < 4.78 is 0. The summed E-state index contributed by atoms with van der Waals surface area (Å²) in [5.74, 6) is 0.678. The highest BCUT2D eigenvalue weighted by Gasteiger charge is 2.52. The molecule has 0 unspecified atom stereocenters. The number of carbonyl (C=O) groups is 1. The zero-order valence-corrected chi connectivity index (χ0v) is 17.6. The van der Waals surface area contributed by atoms with E-state index >= 15 is 0 Å². The first kappa shape index (κ1) is 18.7. The van der Waals surface area contributed by atoms with Gasteiger partial charge in [0.15, 0.2) is 0 Å². The molecule has 0 radical (unpaired) electrons. The molecule has 3 heterocycles. The van der Waals surface area contributed by atoms with Gasteiger partial charge in [0.2, 0.25) is 5.95 Å². The predicted molar refractivity (Wildman–Crippen MR) is 117 cm³/mol. The van der Waals surface area contributed by atoms with Gasteiger partial charge in [-0.3, -0.25) is 9.78 Å². The van der Waals surface area contributed by atoms with Crippen LogP contribution in [0.4, 0.5) is 11.6 Å². The number of anilines is 2. The Morgan fingerprint density at radius 1 is 1.10 bits per heavy atom. The monoisotopic (exact) mass is 399 g/mol. The Morgan fingerprint density at radius 2 is 1.87 bits per heavy atom. The van der Waals surface area contributed by atoms with Crippen molar-refractivity contribution in [1.29, 1.82) is 0 Å². The zero-order chi connectivity index (χ0) is 20.9. The minimum Gasteiger partial charge on any atom is -0.345 e. The second kappa shape index (κ2) is 6.90. The number of amides is 1. The quantitative estimate of drug-likeness (QED) is 0.664. The highest BCUT2D eigenvalue weighted by molar-refractivity contribution is 5.95. The van der Waals surface area contributed by atoms with Gasteiger partial charge in [-0.15, -0.1) is 0 Å². The molecule has 5 rings (SSSR count). The van der Waals surface area contributed by atoms with Crippen LogP contribution in [0.5, 0.6) is 0 Å². The molecule has 0 N–H and O–H groups in total. The molecule has 1 spiro atoms. The number of hydrogen-bond donors (Lipinski definition) is 0. The number of carbonyl (C=O) groups excluding carboxylic acids is 1. The molecule has 0 atom stereocenters. The smallest absolute Gasteiger partial charge is 0.253 e. The molecule has 6 heteroatoms. The molecule has 1 aromatic carbocycles. The third-order valence-corrected chi connectivity index (χ3v) is 6.24. The number of aryl methyl sites for hydroxylation is 1. The van der Waals surface area contributed by atoms with Gasteiger partial charge in [0.05, 0.1) is 5.69 Å². The maximum Gasteiger partial charge on any atom is 0.253 e. The van der Waals surface area contributed by atoms with Gasteiger partial charge in [-0.1, -0.05) is 13.0 Å². The van der Waals surface area contributed by atoms with Crippen LogP contribution in [-0.2, 0) is 11.8 Å². The topological polar surface area (TPSA) is 62.2 Å². The largest absolute Gasteiger partial charge is 0.345 e. The van der Waals surface area contributed by atoms with Crippen LogP contribution in [0.2, 0.25) is 0 Å². The molecule has 1 amide bonds. The molecule has 1 aliphatic carbocycles. The second-order valence-electron chi connectivity index (χ2n) is 8.47. The first-order valence-corrected chi connectivity index (χ1v) is 10.4. The van der Waals surface area contributed by atoms with Crippen molar-refractivity contribution in [3.05, 3.63) is 65.6 Å². The minimum atomic E-state index is 0.00708. The van der Waals surface area contributed by atoms with Crippen LogP contribution in [0.3, 0.4) is 0 Å². The highest BCUT2D eigenvalue weighted by Crippen LogP contribution is 2.57. The minimum absolute atomic E-state index is 0.00708. The summed E-state index contributed by atoms with van der Waals surface area (Å²) in [5, 5.41) is 0. The van der Waals surface area contributed by atoms with Crippen molar-refractivity contribution in [3.63, 3.8) is 0 Å². The summed E-state index contributed by atoms with van der Waals surface area (Å²) in [6.45, 7) is 3.00. The van der Waals surface area contributed by atoms with Crippen LogP contribution in [0.1, 0.15) is 41.3 Å². The lowest BCUT2D eigenvalue weighted by Gasteiger charge is -2.19. The molecule has 1 fully saturated rings. The van der Waals surface area contributed by atoms with Crippen molar-refractivity contribution in [2.24, 2.45) is 0 Å². The van der Waals surface area contributed by atoms with E-state index in [9.17, 15) is 4.79 Å².